The van der Waals surface area contributed by atoms with Crippen LogP contribution in [0.15, 0.2) is 42.5 Å². The Kier molecular flexibility index (Phi) is 5.46. The fourth-order valence-corrected chi connectivity index (χ4v) is 2.20. The normalized spacial score (nSPS) is 10.2. The molecule has 2 aromatic rings. The maximum atomic E-state index is 5.39. The molecule has 2 aromatic carbocycles. The van der Waals surface area contributed by atoms with E-state index in [4.69, 9.17) is 14.2 Å². The Bertz CT molecular complexity index is 567. The lowest BCUT2D eigenvalue weighted by Crippen LogP contribution is -2.80. The predicted octanol–water partition coefficient (Wildman–Crippen LogP) is 1.98. The van der Waals surface area contributed by atoms with Gasteiger partial charge in [0.2, 0.25) is 0 Å². The van der Waals surface area contributed by atoms with Crippen molar-refractivity contribution in [3.8, 4) is 17.2 Å². The summed E-state index contributed by atoms with van der Waals surface area (Å²) in [6.45, 7) is 1.75. The highest BCUT2D eigenvalue weighted by molar-refractivity contribution is 5.39. The van der Waals surface area contributed by atoms with Gasteiger partial charge in [-0.25, -0.2) is 0 Å². The first kappa shape index (κ1) is 15.2. The molecule has 0 atom stereocenters. The highest BCUT2D eigenvalue weighted by Gasteiger charge is 2.07. The lowest BCUT2D eigenvalue weighted by molar-refractivity contribution is -0.686. The smallest absolute Gasteiger partial charge is 0.127 e. The van der Waals surface area contributed by atoms with Crippen LogP contribution in [-0.4, -0.2) is 21.3 Å². The third-order valence-corrected chi connectivity index (χ3v) is 3.39. The largest absolute Gasteiger partial charge is 0.497 e. The summed E-state index contributed by atoms with van der Waals surface area (Å²) in [5.41, 5.74) is 2.39. The van der Waals surface area contributed by atoms with Crippen molar-refractivity contribution in [1.29, 1.82) is 0 Å². The van der Waals surface area contributed by atoms with Crippen LogP contribution in [0.4, 0.5) is 0 Å². The molecule has 2 rings (SSSR count). The highest BCUT2D eigenvalue weighted by Crippen LogP contribution is 2.22. The van der Waals surface area contributed by atoms with E-state index in [1.807, 2.05) is 30.3 Å². The van der Waals surface area contributed by atoms with Crippen molar-refractivity contribution < 1.29 is 19.5 Å². The molecule has 0 aliphatic carbocycles. The quantitative estimate of drug-likeness (QED) is 0.847. The Balaban J connectivity index is 1.95. The van der Waals surface area contributed by atoms with Crippen molar-refractivity contribution in [2.45, 2.75) is 13.1 Å². The van der Waals surface area contributed by atoms with Gasteiger partial charge in [0.05, 0.1) is 26.9 Å². The van der Waals surface area contributed by atoms with Crippen molar-refractivity contribution in [3.63, 3.8) is 0 Å². The average Bonchev–Trinajstić information content (AvgIpc) is 2.55. The topological polar surface area (TPSA) is 44.3 Å². The van der Waals surface area contributed by atoms with Crippen molar-refractivity contribution in [1.82, 2.24) is 0 Å². The van der Waals surface area contributed by atoms with Gasteiger partial charge in [0.1, 0.15) is 30.3 Å². The van der Waals surface area contributed by atoms with Crippen LogP contribution in [0.2, 0.25) is 0 Å². The number of hydrogen-bond acceptors (Lipinski definition) is 3. The molecule has 0 radical (unpaired) electrons. The minimum Gasteiger partial charge on any atom is -0.497 e. The highest BCUT2D eigenvalue weighted by atomic mass is 16.5. The van der Waals surface area contributed by atoms with Crippen LogP contribution in [-0.2, 0) is 13.1 Å². The fourth-order valence-electron chi connectivity index (χ4n) is 2.20. The third-order valence-electron chi connectivity index (χ3n) is 3.39. The van der Waals surface area contributed by atoms with E-state index >= 15 is 0 Å². The van der Waals surface area contributed by atoms with Crippen LogP contribution in [0, 0.1) is 0 Å². The molecule has 0 saturated heterocycles. The van der Waals surface area contributed by atoms with Gasteiger partial charge >= 0.3 is 0 Å². The Morgan fingerprint density at radius 2 is 1.43 bits per heavy atom. The average molecular weight is 288 g/mol. The van der Waals surface area contributed by atoms with Crippen molar-refractivity contribution >= 4 is 0 Å². The first-order valence-corrected chi connectivity index (χ1v) is 6.92. The van der Waals surface area contributed by atoms with Gasteiger partial charge in [0, 0.05) is 5.56 Å². The Hall–Kier alpha value is -2.20. The molecule has 0 aliphatic rings. The number of benzene rings is 2. The maximum absolute atomic E-state index is 5.39. The van der Waals surface area contributed by atoms with Gasteiger partial charge in [-0.05, 0) is 42.5 Å². The van der Waals surface area contributed by atoms with Gasteiger partial charge in [-0.15, -0.1) is 0 Å². The molecular formula is C17H22NO3+. The van der Waals surface area contributed by atoms with Gasteiger partial charge < -0.3 is 19.5 Å². The summed E-state index contributed by atoms with van der Waals surface area (Å²) >= 11 is 0. The number of rotatable bonds is 7. The van der Waals surface area contributed by atoms with Gasteiger partial charge in [-0.2, -0.15) is 0 Å². The number of methoxy groups -OCH3 is 3. The number of hydrogen-bond donors (Lipinski definition) is 1. The number of nitrogens with two attached hydrogens (primary N) is 1. The zero-order valence-electron chi connectivity index (χ0n) is 12.8. The molecule has 4 heteroatoms. The minimum atomic E-state index is 0.840. The number of ether oxygens (including phenoxy) is 3. The Labute approximate surface area is 125 Å². The van der Waals surface area contributed by atoms with Crippen LogP contribution in [0.1, 0.15) is 11.1 Å². The van der Waals surface area contributed by atoms with E-state index in [-0.39, 0.29) is 0 Å². The van der Waals surface area contributed by atoms with Gasteiger partial charge in [-0.3, -0.25) is 0 Å². The lowest BCUT2D eigenvalue weighted by Gasteiger charge is -2.10. The van der Waals surface area contributed by atoms with E-state index in [1.54, 1.807) is 21.3 Å². The molecule has 0 aliphatic heterocycles. The standard InChI is InChI=1S/C17H21NO3/c1-19-15-6-4-13(5-7-15)11-18-12-14-10-16(20-2)8-9-17(14)21-3/h4-10,18H,11-12H2,1-3H3/p+1. The molecule has 0 spiro atoms. The monoisotopic (exact) mass is 288 g/mol. The fraction of sp³-hybridized carbons (Fsp3) is 0.294. The first-order valence-electron chi connectivity index (χ1n) is 6.92. The van der Waals surface area contributed by atoms with Crippen LogP contribution < -0.4 is 19.5 Å². The summed E-state index contributed by atoms with van der Waals surface area (Å²) in [6.07, 6.45) is 0. The molecule has 0 bridgehead atoms. The van der Waals surface area contributed by atoms with Crippen molar-refractivity contribution in [2.75, 3.05) is 21.3 Å². The van der Waals surface area contributed by atoms with E-state index in [9.17, 15) is 0 Å². The first-order chi connectivity index (χ1) is 10.3. The predicted molar refractivity (Wildman–Crippen MR) is 81.9 cm³/mol. The molecule has 21 heavy (non-hydrogen) atoms. The molecule has 112 valence electrons. The number of quaternary nitrogens is 1. The van der Waals surface area contributed by atoms with Crippen molar-refractivity contribution in [3.05, 3.63) is 53.6 Å². The Morgan fingerprint density at radius 1 is 0.762 bits per heavy atom. The van der Waals surface area contributed by atoms with Crippen LogP contribution in [0.5, 0.6) is 17.2 Å². The lowest BCUT2D eigenvalue weighted by atomic mass is 10.1. The van der Waals surface area contributed by atoms with E-state index < -0.39 is 0 Å². The van der Waals surface area contributed by atoms with Crippen LogP contribution in [0.3, 0.4) is 0 Å². The molecule has 0 fully saturated rings. The zero-order chi connectivity index (χ0) is 15.1. The van der Waals surface area contributed by atoms with E-state index in [1.165, 1.54) is 5.56 Å². The van der Waals surface area contributed by atoms with Crippen molar-refractivity contribution in [2.24, 2.45) is 0 Å². The summed E-state index contributed by atoms with van der Waals surface area (Å²) in [5, 5.41) is 2.24. The van der Waals surface area contributed by atoms with Crippen LogP contribution in [0.25, 0.3) is 0 Å². The summed E-state index contributed by atoms with van der Waals surface area (Å²) < 4.78 is 15.8. The second-order valence-electron chi connectivity index (χ2n) is 4.72. The van der Waals surface area contributed by atoms with Crippen LogP contribution >= 0.6 is 0 Å². The minimum absolute atomic E-state index is 0.840. The van der Waals surface area contributed by atoms with Gasteiger partial charge in [0.25, 0.3) is 0 Å². The molecule has 0 heterocycles. The third kappa shape index (κ3) is 4.13. The molecule has 2 N–H and O–H groups in total. The molecule has 4 nitrogen and oxygen atoms in total. The molecule has 0 saturated carbocycles. The maximum Gasteiger partial charge on any atom is 0.127 e. The molecule has 0 amide bonds. The second-order valence-corrected chi connectivity index (χ2v) is 4.72. The van der Waals surface area contributed by atoms with E-state index in [0.717, 1.165) is 35.9 Å². The summed E-state index contributed by atoms with van der Waals surface area (Å²) in [7, 11) is 5.04. The zero-order valence-corrected chi connectivity index (χ0v) is 12.8. The molecule has 0 unspecified atom stereocenters. The SMILES string of the molecule is COc1ccc(C[NH2+]Cc2cc(OC)ccc2OC)cc1. The molecular weight excluding hydrogens is 266 g/mol. The summed E-state index contributed by atoms with van der Waals surface area (Å²) in [5.74, 6) is 2.62. The van der Waals surface area contributed by atoms with Gasteiger partial charge in [0.15, 0.2) is 0 Å². The Morgan fingerprint density at radius 3 is 2.05 bits per heavy atom. The van der Waals surface area contributed by atoms with E-state index in [2.05, 4.69) is 17.4 Å². The summed E-state index contributed by atoms with van der Waals surface area (Å²) in [4.78, 5) is 0. The van der Waals surface area contributed by atoms with E-state index in [0.29, 0.717) is 0 Å². The van der Waals surface area contributed by atoms with Gasteiger partial charge in [-0.1, -0.05) is 0 Å². The molecule has 0 aromatic heterocycles. The second kappa shape index (κ2) is 7.55. The summed E-state index contributed by atoms with van der Waals surface area (Å²) in [6, 6.07) is 14.0.